The molecule has 0 aliphatic heterocycles. The predicted molar refractivity (Wildman–Crippen MR) is 90.9 cm³/mol. The molecule has 98 valence electrons. The number of halogens is 1. The Kier molecular flexibility index (Phi) is 3.11. The second-order valence-electron chi connectivity index (χ2n) is 5.19. The molecule has 4 aromatic rings. The third-order valence-electron chi connectivity index (χ3n) is 3.92. The zero-order chi connectivity index (χ0) is 12.8. The lowest BCUT2D eigenvalue weighted by atomic mass is 9.98. The molecule has 0 saturated carbocycles. The van der Waals surface area contributed by atoms with E-state index in [1.807, 2.05) is 0 Å². The lowest BCUT2D eigenvalue weighted by Gasteiger charge is -2.07. The fourth-order valence-corrected chi connectivity index (χ4v) is 2.87. The number of benzene rings is 4. The van der Waals surface area contributed by atoms with Gasteiger partial charge in [0.05, 0.1) is 0 Å². The normalized spacial score (nSPS) is 10.8. The van der Waals surface area contributed by atoms with Crippen molar-refractivity contribution in [3.05, 3.63) is 72.3 Å². The van der Waals surface area contributed by atoms with Gasteiger partial charge < -0.3 is 0 Å². The summed E-state index contributed by atoms with van der Waals surface area (Å²) in [6.45, 7) is 2.18. The summed E-state index contributed by atoms with van der Waals surface area (Å²) in [6, 6.07) is 24.2. The van der Waals surface area contributed by atoms with Gasteiger partial charge in [0.2, 0.25) is 0 Å². The first-order chi connectivity index (χ1) is 9.31. The maximum atomic E-state index is 2.31. The van der Waals surface area contributed by atoms with Crippen LogP contribution in [0.1, 0.15) is 5.56 Å². The summed E-state index contributed by atoms with van der Waals surface area (Å²) in [5.41, 5.74) is 1.34. The smallest absolute Gasteiger partial charge is 0.0148 e. The van der Waals surface area contributed by atoms with Gasteiger partial charge >= 0.3 is 0 Å². The summed E-state index contributed by atoms with van der Waals surface area (Å²) in [6.07, 6.45) is 0. The van der Waals surface area contributed by atoms with Gasteiger partial charge in [0, 0.05) is 0 Å². The third kappa shape index (κ3) is 1.93. The van der Waals surface area contributed by atoms with Crippen LogP contribution in [-0.2, 0) is 0 Å². The molecule has 0 atom stereocenters. The van der Waals surface area contributed by atoms with Gasteiger partial charge in [0.1, 0.15) is 0 Å². The van der Waals surface area contributed by atoms with Crippen LogP contribution in [0.5, 0.6) is 0 Å². The van der Waals surface area contributed by atoms with E-state index in [9.17, 15) is 0 Å². The monoisotopic (exact) mass is 278 g/mol. The molecule has 0 aliphatic carbocycles. The minimum Gasteiger partial charge on any atom is -0.147 e. The van der Waals surface area contributed by atoms with Crippen molar-refractivity contribution in [2.75, 3.05) is 0 Å². The van der Waals surface area contributed by atoms with E-state index in [0.29, 0.717) is 0 Å². The molecule has 0 saturated heterocycles. The first-order valence-corrected chi connectivity index (χ1v) is 6.63. The minimum atomic E-state index is 0. The fraction of sp³-hybridized carbons (Fsp3) is 0.0526. The molecular formula is C19H15Cl. The zero-order valence-corrected chi connectivity index (χ0v) is 12.1. The highest BCUT2D eigenvalue weighted by Gasteiger charge is 2.02. The Morgan fingerprint density at radius 1 is 0.550 bits per heavy atom. The highest BCUT2D eigenvalue weighted by molar-refractivity contribution is 6.05. The average molecular weight is 279 g/mol. The lowest BCUT2D eigenvalue weighted by Crippen LogP contribution is -1.81. The van der Waals surface area contributed by atoms with Crippen molar-refractivity contribution in [3.8, 4) is 0 Å². The maximum Gasteiger partial charge on any atom is -0.0148 e. The molecule has 0 nitrogen and oxygen atoms in total. The van der Waals surface area contributed by atoms with Crippen molar-refractivity contribution < 1.29 is 0 Å². The molecule has 0 amide bonds. The van der Waals surface area contributed by atoms with Crippen molar-refractivity contribution >= 4 is 44.7 Å². The number of hydrogen-bond acceptors (Lipinski definition) is 0. The molecule has 0 aromatic heterocycles. The van der Waals surface area contributed by atoms with Crippen LogP contribution in [0.3, 0.4) is 0 Å². The predicted octanol–water partition coefficient (Wildman–Crippen LogP) is 5.88. The minimum absolute atomic E-state index is 0. The maximum absolute atomic E-state index is 2.31. The number of rotatable bonds is 0. The van der Waals surface area contributed by atoms with Crippen molar-refractivity contribution in [1.29, 1.82) is 0 Å². The third-order valence-corrected chi connectivity index (χ3v) is 3.92. The van der Waals surface area contributed by atoms with Crippen LogP contribution in [0, 0.1) is 6.92 Å². The Bertz CT molecular complexity index is 922. The number of hydrogen-bond donors (Lipinski definition) is 0. The van der Waals surface area contributed by atoms with Crippen LogP contribution in [0.15, 0.2) is 66.7 Å². The summed E-state index contributed by atoms with van der Waals surface area (Å²) >= 11 is 0. The summed E-state index contributed by atoms with van der Waals surface area (Å²) < 4.78 is 0. The molecule has 0 radical (unpaired) electrons. The molecule has 20 heavy (non-hydrogen) atoms. The standard InChI is InChI=1S/C19H14.ClH/c1-13-5-4-8-16-11-17-9-14-6-2-3-7-15(14)10-18(17)12-19(13)16;/h2-12H,1H3;1H. The molecule has 4 rings (SSSR count). The highest BCUT2D eigenvalue weighted by Crippen LogP contribution is 2.28. The van der Waals surface area contributed by atoms with Crippen LogP contribution in [-0.4, -0.2) is 0 Å². The van der Waals surface area contributed by atoms with Crippen LogP contribution >= 0.6 is 12.4 Å². The topological polar surface area (TPSA) is 0 Å². The van der Waals surface area contributed by atoms with Gasteiger partial charge in [0.15, 0.2) is 0 Å². The molecular weight excluding hydrogens is 264 g/mol. The first-order valence-electron chi connectivity index (χ1n) is 6.63. The van der Waals surface area contributed by atoms with E-state index in [-0.39, 0.29) is 12.4 Å². The lowest BCUT2D eigenvalue weighted by molar-refractivity contribution is 1.54. The number of aryl methyl sites for hydroxylation is 1. The van der Waals surface area contributed by atoms with Gasteiger partial charge in [-0.05, 0) is 69.1 Å². The van der Waals surface area contributed by atoms with Gasteiger partial charge in [-0.2, -0.15) is 0 Å². The van der Waals surface area contributed by atoms with E-state index in [4.69, 9.17) is 0 Å². The Morgan fingerprint density at radius 3 is 1.80 bits per heavy atom. The Hall–Kier alpha value is -2.05. The molecule has 4 aromatic carbocycles. The van der Waals surface area contributed by atoms with Gasteiger partial charge in [-0.1, -0.05) is 42.5 Å². The van der Waals surface area contributed by atoms with Crippen molar-refractivity contribution in [2.24, 2.45) is 0 Å². The van der Waals surface area contributed by atoms with Gasteiger partial charge in [0.25, 0.3) is 0 Å². The van der Waals surface area contributed by atoms with Crippen molar-refractivity contribution in [2.45, 2.75) is 6.92 Å². The Morgan fingerprint density at radius 2 is 1.10 bits per heavy atom. The SMILES string of the molecule is Cc1cccc2cc3cc4ccccc4cc3cc12.Cl. The summed E-state index contributed by atoms with van der Waals surface area (Å²) in [5, 5.41) is 7.93. The zero-order valence-electron chi connectivity index (χ0n) is 11.3. The molecule has 0 unspecified atom stereocenters. The number of fused-ring (bicyclic) bond motifs is 3. The molecule has 0 aliphatic rings. The van der Waals surface area contributed by atoms with Crippen LogP contribution in [0.25, 0.3) is 32.3 Å². The van der Waals surface area contributed by atoms with E-state index in [2.05, 4.69) is 73.7 Å². The quantitative estimate of drug-likeness (QED) is 0.353. The second-order valence-corrected chi connectivity index (χ2v) is 5.19. The molecule has 0 N–H and O–H groups in total. The van der Waals surface area contributed by atoms with E-state index in [0.717, 1.165) is 0 Å². The summed E-state index contributed by atoms with van der Waals surface area (Å²) in [5.74, 6) is 0. The van der Waals surface area contributed by atoms with Crippen molar-refractivity contribution in [1.82, 2.24) is 0 Å². The first kappa shape index (κ1) is 13.0. The van der Waals surface area contributed by atoms with E-state index in [1.54, 1.807) is 0 Å². The van der Waals surface area contributed by atoms with Crippen molar-refractivity contribution in [3.63, 3.8) is 0 Å². The van der Waals surface area contributed by atoms with Crippen LogP contribution < -0.4 is 0 Å². The van der Waals surface area contributed by atoms with E-state index in [1.165, 1.54) is 37.9 Å². The Balaban J connectivity index is 0.00000121. The van der Waals surface area contributed by atoms with E-state index < -0.39 is 0 Å². The Labute approximate surface area is 124 Å². The van der Waals surface area contributed by atoms with Gasteiger partial charge in [-0.25, -0.2) is 0 Å². The summed E-state index contributed by atoms with van der Waals surface area (Å²) in [7, 11) is 0. The fourth-order valence-electron chi connectivity index (χ4n) is 2.87. The molecule has 0 bridgehead atoms. The molecule has 1 heteroatoms. The average Bonchev–Trinajstić information content (AvgIpc) is 2.44. The largest absolute Gasteiger partial charge is 0.147 e. The van der Waals surface area contributed by atoms with Crippen LogP contribution in [0.2, 0.25) is 0 Å². The van der Waals surface area contributed by atoms with Gasteiger partial charge in [-0.3, -0.25) is 0 Å². The molecule has 0 spiro atoms. The van der Waals surface area contributed by atoms with Crippen LogP contribution in [0.4, 0.5) is 0 Å². The molecule has 0 heterocycles. The molecule has 0 fully saturated rings. The highest BCUT2D eigenvalue weighted by atomic mass is 35.5. The van der Waals surface area contributed by atoms with E-state index >= 15 is 0 Å². The van der Waals surface area contributed by atoms with Gasteiger partial charge in [-0.15, -0.1) is 12.4 Å². The second kappa shape index (κ2) is 4.81. The summed E-state index contributed by atoms with van der Waals surface area (Å²) in [4.78, 5) is 0.